The van der Waals surface area contributed by atoms with Crippen LogP contribution in [0.5, 0.6) is 0 Å². The van der Waals surface area contributed by atoms with Gasteiger partial charge in [-0.2, -0.15) is 0 Å². The van der Waals surface area contributed by atoms with Crippen molar-refractivity contribution < 1.29 is 114 Å². The van der Waals surface area contributed by atoms with E-state index in [-0.39, 0.29) is 97.3 Å². The largest absolute Gasteiger partial charge is 2.00 e. The molecule has 6 aromatic carbocycles. The molecule has 2 aliphatic rings. The van der Waals surface area contributed by atoms with Crippen LogP contribution in [0, 0.1) is 0 Å². The van der Waals surface area contributed by atoms with Crippen molar-refractivity contribution in [3.63, 3.8) is 0 Å². The predicted molar refractivity (Wildman–Crippen MR) is 285 cm³/mol. The molecule has 0 bridgehead atoms. The summed E-state index contributed by atoms with van der Waals surface area (Å²) in [4.78, 5) is 0. The third kappa shape index (κ3) is 44.0. The van der Waals surface area contributed by atoms with Gasteiger partial charge in [-0.15, -0.1) is 0 Å². The molecule has 2 aliphatic carbocycles. The van der Waals surface area contributed by atoms with Gasteiger partial charge in [0.15, 0.2) is 0 Å². The van der Waals surface area contributed by atoms with Crippen LogP contribution in [-0.4, -0.2) is 34.1 Å². The second kappa shape index (κ2) is 34.9. The number of allylic oxidation sites excluding steroid dienone is 8. The van der Waals surface area contributed by atoms with E-state index in [4.69, 9.17) is 0 Å². The van der Waals surface area contributed by atoms with E-state index in [1.807, 2.05) is 0 Å². The van der Waals surface area contributed by atoms with Gasteiger partial charge in [0.2, 0.25) is 0 Å². The number of hydrogen-bond acceptors (Lipinski definition) is 0. The summed E-state index contributed by atoms with van der Waals surface area (Å²) in [6.45, 7) is 0. The van der Waals surface area contributed by atoms with Gasteiger partial charge in [-0.25, -0.2) is 0 Å². The van der Waals surface area contributed by atoms with Crippen LogP contribution < -0.4 is 31.8 Å². The second-order valence-corrected chi connectivity index (χ2v) is 23.9. The van der Waals surface area contributed by atoms with Crippen molar-refractivity contribution in [2.24, 2.45) is 0 Å². The summed E-state index contributed by atoms with van der Waals surface area (Å²) in [5.41, 5.74) is 0. The molecule has 0 heterocycles. The Labute approximate surface area is 488 Å². The van der Waals surface area contributed by atoms with E-state index in [9.17, 15) is 50.4 Å². The predicted octanol–water partition coefficient (Wildman–Crippen LogP) is 17.7. The Balaban J connectivity index is -0.000000844. The van der Waals surface area contributed by atoms with Gasteiger partial charge in [-0.05, 0) is 124 Å². The number of halogens is 12. The number of rotatable bonds is 6. The van der Waals surface area contributed by atoms with Gasteiger partial charge in [-0.1, -0.05) is 158 Å². The molecule has 0 aromatic heterocycles. The zero-order valence-corrected chi connectivity index (χ0v) is 52.8. The summed E-state index contributed by atoms with van der Waals surface area (Å²) < 4.78 is 118. The monoisotopic (exact) mass is 1780 g/mol. The number of benzene rings is 6. The molecule has 0 nitrogen and oxygen atoms in total. The molecule has 0 aliphatic heterocycles. The van der Waals surface area contributed by atoms with Crippen LogP contribution in [0.25, 0.3) is 0 Å². The Hall–Kier alpha value is -1.74. The zero-order valence-electron chi connectivity index (χ0n) is 38.8. The van der Waals surface area contributed by atoms with E-state index in [0.717, 1.165) is 0 Å². The van der Waals surface area contributed by atoms with E-state index in [2.05, 4.69) is 231 Å². The van der Waals surface area contributed by atoms with Gasteiger partial charge in [0.05, 0.1) is 15.8 Å². The normalized spacial score (nSPS) is 16.1. The molecule has 0 amide bonds. The summed E-state index contributed by atoms with van der Waals surface area (Å²) >= 11 is 0. The van der Waals surface area contributed by atoms with Gasteiger partial charge in [0.25, 0.3) is 0 Å². The van der Waals surface area contributed by atoms with Gasteiger partial charge < -0.3 is 34.1 Å². The molecule has 8 rings (SSSR count). The minimum Gasteiger partial charge on any atom is -2.00 e. The Morgan fingerprint density at radius 2 is 0.315 bits per heavy atom. The van der Waals surface area contributed by atoms with Crippen molar-refractivity contribution in [1.29, 1.82) is 0 Å². The van der Waals surface area contributed by atoms with Gasteiger partial charge in [0.1, 0.15) is 31.8 Å². The van der Waals surface area contributed by atoms with Crippen molar-refractivity contribution in [3.05, 3.63) is 231 Å². The van der Waals surface area contributed by atoms with Crippen LogP contribution in [0.15, 0.2) is 231 Å². The van der Waals surface area contributed by atoms with Crippen LogP contribution in [0.1, 0.15) is 51.4 Å². The van der Waals surface area contributed by atoms with Crippen molar-refractivity contribution >= 4 is 97.4 Å². The first-order valence-corrected chi connectivity index (χ1v) is 28.6. The quantitative estimate of drug-likeness (QED) is 0.0675. The van der Waals surface area contributed by atoms with E-state index in [1.165, 1.54) is 83.2 Å². The Kier molecular flexibility index (Phi) is 36.1. The molecule has 73 heavy (non-hydrogen) atoms. The Morgan fingerprint density at radius 1 is 0.219 bits per heavy atom. The maximum Gasteiger partial charge on any atom is 2.00 e. The fourth-order valence-corrected chi connectivity index (χ4v) is 11.5. The molecule has 6 aromatic rings. The first-order valence-electron chi connectivity index (χ1n) is 21.6. The Bertz CT molecular complexity index is 2010. The van der Waals surface area contributed by atoms with Crippen molar-refractivity contribution in [2.45, 2.75) is 51.4 Å². The second-order valence-electron chi connectivity index (χ2n) is 15.1. The molecule has 21 heteroatoms. The zero-order chi connectivity index (χ0) is 50.0. The molecule has 0 saturated heterocycles. The smallest absolute Gasteiger partial charge is 2.00 e. The van der Waals surface area contributed by atoms with Crippen LogP contribution in [-0.2, 0) is 63.2 Å². The van der Waals surface area contributed by atoms with Crippen LogP contribution in [0.2, 0.25) is 0 Å². The maximum absolute atomic E-state index is 10.7. The van der Waals surface area contributed by atoms with E-state index in [1.54, 1.807) is 0 Å². The van der Waals surface area contributed by atoms with Crippen molar-refractivity contribution in [3.8, 4) is 0 Å². The fraction of sp³-hybridized carbons (Fsp3) is 0.154. The van der Waals surface area contributed by atoms with Crippen molar-refractivity contribution in [1.82, 2.24) is 0 Å². The average Bonchev–Trinajstić information content (AvgIpc) is 3.24. The number of hydrogen-bond donors (Lipinski definition) is 0. The minimum atomic E-state index is -10.7. The van der Waals surface area contributed by atoms with E-state index >= 15 is 0 Å². The first kappa shape index (κ1) is 75.5. The molecule has 408 valence electrons. The van der Waals surface area contributed by atoms with Crippen LogP contribution in [0.3, 0.4) is 0 Å². The van der Waals surface area contributed by atoms with Crippen LogP contribution in [0.4, 0.5) is 50.4 Å². The average molecular weight is 1780 g/mol. The summed E-state index contributed by atoms with van der Waals surface area (Å²) in [7, 11) is -23.1. The van der Waals surface area contributed by atoms with Crippen molar-refractivity contribution in [2.75, 3.05) is 0 Å². The molecule has 0 radical (unpaired) electrons. The summed E-state index contributed by atoms with van der Waals surface area (Å²) in [5.74, 6) is 0. The van der Waals surface area contributed by atoms with Crippen LogP contribution >= 0.6 is 31.5 Å². The first-order chi connectivity index (χ1) is 31.8. The Morgan fingerprint density at radius 3 is 0.411 bits per heavy atom. The van der Waals surface area contributed by atoms with Gasteiger partial charge >= 0.3 is 129 Å². The standard InChI is InChI=1S/2C18H15P.2C8H12.2F6P.3Pt.2Se/c2*1-4-10-16(11-5-1)19(17-12-6-2-7-13-17)18-14-8-3-9-15-18;2*1-2-4-6-8-7-5-3-1;2*1-7(2,3,4,5)6;;;;;/h2*1-15H;2*1-2,7-8H,3-6H2;;;;;;;/q;;;;2*-1;3*+2;2*-2/p+2/b;;2*2-1-,8-7-;;;;;;;. The maximum atomic E-state index is 9.87. The van der Waals surface area contributed by atoms with E-state index in [0.29, 0.717) is 0 Å². The molecule has 0 unspecified atom stereocenters. The topological polar surface area (TPSA) is 0 Å². The fourth-order valence-electron chi connectivity index (χ4n) is 6.34. The third-order valence-electron chi connectivity index (χ3n) is 9.04. The third-order valence-corrected chi connectivity index (χ3v) is 14.5. The summed E-state index contributed by atoms with van der Waals surface area (Å²) in [6, 6.07) is 65.0. The minimum absolute atomic E-state index is 0. The molecular formula is C52H56F12P4Pt3Se2+2. The molecule has 0 saturated carbocycles. The van der Waals surface area contributed by atoms with E-state index < -0.39 is 31.5 Å². The molecular weight excluding hydrogens is 1720 g/mol. The summed E-state index contributed by atoms with van der Waals surface area (Å²) in [6.07, 6.45) is 28.0. The SMILES string of the molecule is C1=C\CC/C=C\CC/1.C1=C\CC/C=C\CC/1.F[P-](F)(F)(F)(F)F.F[P-](F)(F)(F)(F)F.[Pt+2].[Pt+2].[Pt+2].[Se-2].[Se-2].c1ccc([PH+](c2ccccc2)c2ccccc2)cc1.c1ccc([PH+](c2ccccc2)c2ccccc2)cc1. The van der Waals surface area contributed by atoms with Gasteiger partial charge in [0, 0.05) is 0 Å². The summed E-state index contributed by atoms with van der Waals surface area (Å²) in [5, 5.41) is 8.61. The molecule has 0 atom stereocenters. The molecule has 0 spiro atoms. The molecule has 0 N–H and O–H groups in total. The molecule has 0 fully saturated rings. The van der Waals surface area contributed by atoms with Gasteiger partial charge in [-0.3, -0.25) is 0 Å².